The highest BCUT2D eigenvalue weighted by atomic mass is 16.5. The van der Waals surface area contributed by atoms with Gasteiger partial charge in [0.15, 0.2) is 5.78 Å². The monoisotopic (exact) mass is 400 g/mol. The number of carbonyl (C=O) groups is 2. The topological polar surface area (TPSA) is 43.4 Å². The van der Waals surface area contributed by atoms with E-state index in [0.29, 0.717) is 17.2 Å². The first-order valence-corrected chi connectivity index (χ1v) is 10.7. The van der Waals surface area contributed by atoms with Gasteiger partial charge in [-0.25, -0.2) is 4.79 Å². The van der Waals surface area contributed by atoms with Crippen LogP contribution in [-0.4, -0.2) is 11.8 Å². The predicted octanol–water partition coefficient (Wildman–Crippen LogP) is 6.09. The van der Waals surface area contributed by atoms with Gasteiger partial charge in [0.25, 0.3) is 0 Å². The Labute approximate surface area is 179 Å². The standard InChI is InChI=1S/C27H28O3/c1-3-5-20-6-11-22(12-7-20)23-13-8-21(9-14-23)10-19-27(29)30-25-17-15-24(16-18-25)26(28)4-2/h4,8-9,13-18,20,22H,2-3,5-7,11-12H2,1H3. The quantitative estimate of drug-likeness (QED) is 0.194. The summed E-state index contributed by atoms with van der Waals surface area (Å²) < 4.78 is 5.20. The summed E-state index contributed by atoms with van der Waals surface area (Å²) >= 11 is 0. The average molecular weight is 401 g/mol. The molecule has 2 aromatic rings. The van der Waals surface area contributed by atoms with E-state index >= 15 is 0 Å². The second-order valence-electron chi connectivity index (χ2n) is 7.86. The lowest BCUT2D eigenvalue weighted by molar-refractivity contribution is -0.128. The third kappa shape index (κ3) is 5.94. The molecule has 30 heavy (non-hydrogen) atoms. The molecule has 0 atom stereocenters. The van der Waals surface area contributed by atoms with Gasteiger partial charge in [0, 0.05) is 17.0 Å². The minimum Gasteiger partial charge on any atom is -0.417 e. The van der Waals surface area contributed by atoms with Crippen LogP contribution in [0.5, 0.6) is 5.75 Å². The van der Waals surface area contributed by atoms with Crippen LogP contribution in [0.2, 0.25) is 0 Å². The fourth-order valence-electron chi connectivity index (χ4n) is 4.09. The van der Waals surface area contributed by atoms with E-state index in [1.165, 1.54) is 50.2 Å². The number of rotatable bonds is 6. The Morgan fingerprint density at radius 3 is 2.30 bits per heavy atom. The summed E-state index contributed by atoms with van der Waals surface area (Å²) in [5, 5.41) is 0. The summed E-state index contributed by atoms with van der Waals surface area (Å²) in [6, 6.07) is 14.5. The van der Waals surface area contributed by atoms with Gasteiger partial charge in [0.05, 0.1) is 0 Å². The zero-order valence-corrected chi connectivity index (χ0v) is 17.5. The summed E-state index contributed by atoms with van der Waals surface area (Å²) in [4.78, 5) is 23.5. The summed E-state index contributed by atoms with van der Waals surface area (Å²) in [5.41, 5.74) is 2.66. The Hall–Kier alpha value is -3.12. The molecule has 0 amide bonds. The number of hydrogen-bond donors (Lipinski definition) is 0. The molecule has 0 unspecified atom stereocenters. The Morgan fingerprint density at radius 2 is 1.70 bits per heavy atom. The van der Waals surface area contributed by atoms with Crippen molar-refractivity contribution >= 4 is 11.8 Å². The van der Waals surface area contributed by atoms with Crippen molar-refractivity contribution in [3.05, 3.63) is 77.9 Å². The first-order chi connectivity index (χ1) is 14.6. The number of hydrogen-bond acceptors (Lipinski definition) is 3. The maximum atomic E-state index is 12.0. The van der Waals surface area contributed by atoms with Crippen LogP contribution in [0.3, 0.4) is 0 Å². The van der Waals surface area contributed by atoms with Crippen molar-refractivity contribution in [1.29, 1.82) is 0 Å². The first-order valence-electron chi connectivity index (χ1n) is 10.7. The molecule has 0 spiro atoms. The molecule has 1 aliphatic rings. The lowest BCUT2D eigenvalue weighted by Crippen LogP contribution is -2.13. The molecular formula is C27H28O3. The molecule has 1 fully saturated rings. The van der Waals surface area contributed by atoms with Crippen LogP contribution in [0.4, 0.5) is 0 Å². The van der Waals surface area contributed by atoms with Gasteiger partial charge in [0.1, 0.15) is 5.75 Å². The van der Waals surface area contributed by atoms with Crippen molar-refractivity contribution in [2.45, 2.75) is 51.4 Å². The Bertz CT molecular complexity index is 934. The van der Waals surface area contributed by atoms with Crippen LogP contribution >= 0.6 is 0 Å². The van der Waals surface area contributed by atoms with E-state index in [-0.39, 0.29) is 5.78 Å². The van der Waals surface area contributed by atoms with E-state index in [0.717, 1.165) is 11.5 Å². The zero-order valence-electron chi connectivity index (χ0n) is 17.5. The highest BCUT2D eigenvalue weighted by molar-refractivity contribution is 6.04. The molecule has 3 rings (SSSR count). The second kappa shape index (κ2) is 10.6. The highest BCUT2D eigenvalue weighted by Crippen LogP contribution is 2.37. The Kier molecular flexibility index (Phi) is 7.63. The van der Waals surface area contributed by atoms with Crippen LogP contribution in [0.1, 0.15) is 72.9 Å². The summed E-state index contributed by atoms with van der Waals surface area (Å²) in [5.74, 6) is 6.48. The van der Waals surface area contributed by atoms with Crippen molar-refractivity contribution in [1.82, 2.24) is 0 Å². The molecule has 0 saturated heterocycles. The Balaban J connectivity index is 1.54. The predicted molar refractivity (Wildman–Crippen MR) is 120 cm³/mol. The third-order valence-corrected chi connectivity index (χ3v) is 5.77. The molecular weight excluding hydrogens is 372 g/mol. The van der Waals surface area contributed by atoms with Gasteiger partial charge in [-0.3, -0.25) is 4.79 Å². The molecule has 0 heterocycles. The van der Waals surface area contributed by atoms with Gasteiger partial charge in [-0.15, -0.1) is 0 Å². The summed E-state index contributed by atoms with van der Waals surface area (Å²) in [6.07, 6.45) is 9.07. The molecule has 0 radical (unpaired) electrons. The van der Waals surface area contributed by atoms with Gasteiger partial charge in [-0.05, 0) is 85.6 Å². The molecule has 1 aliphatic carbocycles. The fourth-order valence-corrected chi connectivity index (χ4v) is 4.09. The molecule has 2 aromatic carbocycles. The van der Waals surface area contributed by atoms with Crippen LogP contribution < -0.4 is 4.74 Å². The van der Waals surface area contributed by atoms with Gasteiger partial charge >= 0.3 is 5.97 Å². The normalized spacial score (nSPS) is 18.0. The summed E-state index contributed by atoms with van der Waals surface area (Å²) in [6.45, 7) is 5.72. The number of carbonyl (C=O) groups excluding carboxylic acids is 2. The zero-order chi connectivity index (χ0) is 21.3. The van der Waals surface area contributed by atoms with Crippen LogP contribution in [0.15, 0.2) is 61.2 Å². The molecule has 3 heteroatoms. The maximum absolute atomic E-state index is 12.0. The van der Waals surface area contributed by atoms with E-state index in [4.69, 9.17) is 4.74 Å². The van der Waals surface area contributed by atoms with Gasteiger partial charge in [-0.1, -0.05) is 44.4 Å². The largest absolute Gasteiger partial charge is 0.417 e. The fraction of sp³-hybridized carbons (Fsp3) is 0.333. The molecule has 1 saturated carbocycles. The van der Waals surface area contributed by atoms with Gasteiger partial charge < -0.3 is 4.74 Å². The molecule has 0 aromatic heterocycles. The SMILES string of the molecule is C=CC(=O)c1ccc(OC(=O)C#Cc2ccc(C3CCC(CCC)CC3)cc2)cc1. The lowest BCUT2D eigenvalue weighted by Gasteiger charge is -2.28. The van der Waals surface area contributed by atoms with Gasteiger partial charge in [0.2, 0.25) is 0 Å². The summed E-state index contributed by atoms with van der Waals surface area (Å²) in [7, 11) is 0. The van der Waals surface area contributed by atoms with E-state index in [1.807, 2.05) is 12.1 Å². The minimum atomic E-state index is -0.629. The highest BCUT2D eigenvalue weighted by Gasteiger charge is 2.21. The molecule has 0 N–H and O–H groups in total. The van der Waals surface area contributed by atoms with Crippen molar-refractivity contribution in [3.8, 4) is 17.6 Å². The van der Waals surface area contributed by atoms with Crippen molar-refractivity contribution in [3.63, 3.8) is 0 Å². The van der Waals surface area contributed by atoms with Crippen LogP contribution in [-0.2, 0) is 4.79 Å². The average Bonchev–Trinajstić information content (AvgIpc) is 2.79. The van der Waals surface area contributed by atoms with Crippen molar-refractivity contribution in [2.24, 2.45) is 5.92 Å². The number of ketones is 1. The molecule has 0 aliphatic heterocycles. The first kappa shape index (κ1) is 21.6. The molecule has 0 bridgehead atoms. The van der Waals surface area contributed by atoms with E-state index < -0.39 is 5.97 Å². The van der Waals surface area contributed by atoms with Crippen LogP contribution in [0, 0.1) is 17.8 Å². The van der Waals surface area contributed by atoms with Gasteiger partial charge in [-0.2, -0.15) is 0 Å². The van der Waals surface area contributed by atoms with Crippen molar-refractivity contribution < 1.29 is 14.3 Å². The number of allylic oxidation sites excluding steroid dienone is 1. The Morgan fingerprint density at radius 1 is 1.03 bits per heavy atom. The van der Waals surface area contributed by atoms with E-state index in [2.05, 4.69) is 37.5 Å². The molecule has 3 nitrogen and oxygen atoms in total. The smallest absolute Gasteiger partial charge is 0.390 e. The maximum Gasteiger partial charge on any atom is 0.390 e. The van der Waals surface area contributed by atoms with E-state index in [9.17, 15) is 9.59 Å². The second-order valence-corrected chi connectivity index (χ2v) is 7.86. The van der Waals surface area contributed by atoms with Crippen molar-refractivity contribution in [2.75, 3.05) is 0 Å². The third-order valence-electron chi connectivity index (χ3n) is 5.77. The minimum absolute atomic E-state index is 0.176. The lowest BCUT2D eigenvalue weighted by atomic mass is 9.77. The number of esters is 1. The molecule has 154 valence electrons. The van der Waals surface area contributed by atoms with Crippen LogP contribution in [0.25, 0.3) is 0 Å². The van der Waals surface area contributed by atoms with E-state index in [1.54, 1.807) is 24.3 Å². The number of ether oxygens (including phenoxy) is 1. The number of benzene rings is 2.